The number of carbonyl (C=O) groups excluding carboxylic acids is 3. The summed E-state index contributed by atoms with van der Waals surface area (Å²) in [5, 5.41) is 12.9. The minimum Gasteiger partial charge on any atom is -0.480 e. The van der Waals surface area contributed by atoms with Crippen molar-refractivity contribution >= 4 is 29.3 Å². The standard InChI is InChI=1S/C18H33N7O5/c1-17(8-10(26)9-19,14(28)12-5-3-6-24-12)18(23,15(29)30)13(27)11(20)4-2-7-25-16(21)22/h11-12,24H,2-9,19-20,23H2,1H3,(H,29,30)(H4,21,22,25). The van der Waals surface area contributed by atoms with E-state index in [4.69, 9.17) is 28.7 Å². The quantitative estimate of drug-likeness (QED) is 0.0674. The number of aliphatic carboxylic acids is 1. The lowest BCUT2D eigenvalue weighted by Crippen LogP contribution is -2.72. The van der Waals surface area contributed by atoms with Crippen LogP contribution >= 0.6 is 0 Å². The number of Topliss-reactive ketones (excluding diaryl/α,β-unsaturated/α-hetero) is 3. The third-order valence-electron chi connectivity index (χ3n) is 5.60. The first-order valence-corrected chi connectivity index (χ1v) is 9.78. The van der Waals surface area contributed by atoms with E-state index in [1.807, 2.05) is 0 Å². The second-order valence-corrected chi connectivity index (χ2v) is 7.80. The number of ketones is 3. The van der Waals surface area contributed by atoms with Crippen LogP contribution in [-0.2, 0) is 19.2 Å². The van der Waals surface area contributed by atoms with Crippen molar-refractivity contribution in [3.63, 3.8) is 0 Å². The fourth-order valence-electron chi connectivity index (χ4n) is 3.74. The van der Waals surface area contributed by atoms with Crippen LogP contribution in [0.25, 0.3) is 0 Å². The molecule has 0 spiro atoms. The van der Waals surface area contributed by atoms with Crippen LogP contribution in [0.2, 0.25) is 0 Å². The topological polar surface area (TPSA) is 243 Å². The maximum absolute atomic E-state index is 13.3. The Morgan fingerprint density at radius 1 is 1.27 bits per heavy atom. The molecule has 1 saturated heterocycles. The molecule has 1 rings (SSSR count). The van der Waals surface area contributed by atoms with Gasteiger partial charge in [0.15, 0.2) is 23.1 Å². The van der Waals surface area contributed by atoms with Gasteiger partial charge < -0.3 is 39.1 Å². The van der Waals surface area contributed by atoms with Crippen molar-refractivity contribution in [1.29, 1.82) is 0 Å². The van der Waals surface area contributed by atoms with E-state index in [9.17, 15) is 24.3 Å². The Bertz CT molecular complexity index is 703. The fraction of sp³-hybridized carbons (Fsp3) is 0.722. The highest BCUT2D eigenvalue weighted by atomic mass is 16.4. The van der Waals surface area contributed by atoms with Gasteiger partial charge >= 0.3 is 5.97 Å². The third kappa shape index (κ3) is 5.39. The first-order chi connectivity index (χ1) is 13.9. The number of carboxylic acid groups (broad SMARTS) is 1. The summed E-state index contributed by atoms with van der Waals surface area (Å²) in [6, 6.07) is -2.01. The van der Waals surface area contributed by atoms with Gasteiger partial charge in [0, 0.05) is 13.0 Å². The Balaban J connectivity index is 3.28. The molecule has 1 heterocycles. The summed E-state index contributed by atoms with van der Waals surface area (Å²) in [5.41, 5.74) is 23.2. The van der Waals surface area contributed by atoms with Crippen molar-refractivity contribution in [2.45, 2.75) is 56.7 Å². The van der Waals surface area contributed by atoms with E-state index in [0.717, 1.165) is 0 Å². The van der Waals surface area contributed by atoms with Crippen LogP contribution in [0, 0.1) is 5.41 Å². The highest BCUT2D eigenvalue weighted by Crippen LogP contribution is 2.39. The number of hydrogen-bond acceptors (Lipinski definition) is 9. The van der Waals surface area contributed by atoms with Crippen LogP contribution in [0.3, 0.4) is 0 Å². The predicted molar refractivity (Wildman–Crippen MR) is 110 cm³/mol. The molecule has 170 valence electrons. The molecule has 0 bridgehead atoms. The predicted octanol–water partition coefficient (Wildman–Crippen LogP) is -3.04. The van der Waals surface area contributed by atoms with Crippen LogP contribution in [0.1, 0.15) is 39.0 Å². The van der Waals surface area contributed by atoms with Gasteiger partial charge in [0.1, 0.15) is 5.78 Å². The lowest BCUT2D eigenvalue weighted by atomic mass is 9.61. The van der Waals surface area contributed by atoms with E-state index in [1.54, 1.807) is 0 Å². The molecule has 1 aliphatic heterocycles. The van der Waals surface area contributed by atoms with E-state index >= 15 is 0 Å². The Kier molecular flexibility index (Phi) is 9.03. The maximum atomic E-state index is 13.3. The molecule has 0 aliphatic carbocycles. The number of carbonyl (C=O) groups is 4. The maximum Gasteiger partial charge on any atom is 0.332 e. The summed E-state index contributed by atoms with van der Waals surface area (Å²) in [4.78, 5) is 54.6. The van der Waals surface area contributed by atoms with Gasteiger partial charge in [-0.1, -0.05) is 0 Å². The van der Waals surface area contributed by atoms with E-state index in [-0.39, 0.29) is 25.3 Å². The van der Waals surface area contributed by atoms with Gasteiger partial charge in [-0.2, -0.15) is 0 Å². The second kappa shape index (κ2) is 10.6. The largest absolute Gasteiger partial charge is 0.480 e. The molecule has 0 amide bonds. The van der Waals surface area contributed by atoms with Gasteiger partial charge in [-0.25, -0.2) is 4.79 Å². The summed E-state index contributed by atoms with van der Waals surface area (Å²) in [6.07, 6.45) is 0.880. The monoisotopic (exact) mass is 427 g/mol. The summed E-state index contributed by atoms with van der Waals surface area (Å²) in [7, 11) is 0. The van der Waals surface area contributed by atoms with Crippen molar-refractivity contribution in [3.8, 4) is 0 Å². The summed E-state index contributed by atoms with van der Waals surface area (Å²) in [6.45, 7) is 1.54. The molecule has 1 fully saturated rings. The molecule has 0 radical (unpaired) electrons. The molecule has 4 atom stereocenters. The zero-order valence-electron chi connectivity index (χ0n) is 17.2. The molecule has 0 aromatic rings. The van der Waals surface area contributed by atoms with Crippen LogP contribution in [-0.4, -0.2) is 71.6 Å². The minimum absolute atomic E-state index is 0.0403. The number of nitrogens with two attached hydrogens (primary N) is 5. The van der Waals surface area contributed by atoms with Crippen molar-refractivity contribution < 1.29 is 24.3 Å². The van der Waals surface area contributed by atoms with Crippen molar-refractivity contribution in [3.05, 3.63) is 0 Å². The number of hydrogen-bond donors (Lipinski definition) is 7. The van der Waals surface area contributed by atoms with Gasteiger partial charge in [0.2, 0.25) is 0 Å². The third-order valence-corrected chi connectivity index (χ3v) is 5.60. The van der Waals surface area contributed by atoms with Gasteiger partial charge in [0.25, 0.3) is 0 Å². The first-order valence-electron chi connectivity index (χ1n) is 9.78. The lowest BCUT2D eigenvalue weighted by molar-refractivity contribution is -0.161. The molecule has 30 heavy (non-hydrogen) atoms. The Morgan fingerprint density at radius 2 is 1.90 bits per heavy atom. The molecule has 0 aromatic heterocycles. The van der Waals surface area contributed by atoms with E-state index in [0.29, 0.717) is 19.4 Å². The Morgan fingerprint density at radius 3 is 2.37 bits per heavy atom. The molecular weight excluding hydrogens is 394 g/mol. The Hall–Kier alpha value is -2.41. The van der Waals surface area contributed by atoms with Crippen LogP contribution < -0.4 is 34.0 Å². The molecular formula is C18H33N7O5. The summed E-state index contributed by atoms with van der Waals surface area (Å²) >= 11 is 0. The average molecular weight is 428 g/mol. The zero-order valence-corrected chi connectivity index (χ0v) is 17.2. The van der Waals surface area contributed by atoms with Gasteiger partial charge in [-0.15, -0.1) is 0 Å². The normalized spacial score (nSPS) is 21.1. The molecule has 0 aromatic carbocycles. The number of nitrogens with one attached hydrogen (secondary N) is 1. The van der Waals surface area contributed by atoms with E-state index < -0.39 is 59.3 Å². The van der Waals surface area contributed by atoms with Crippen molar-refractivity contribution in [2.24, 2.45) is 39.1 Å². The van der Waals surface area contributed by atoms with E-state index in [2.05, 4.69) is 10.3 Å². The highest BCUT2D eigenvalue weighted by molar-refractivity contribution is 6.16. The Labute approximate surface area is 175 Å². The highest BCUT2D eigenvalue weighted by Gasteiger charge is 2.62. The molecule has 4 unspecified atom stereocenters. The van der Waals surface area contributed by atoms with Crippen molar-refractivity contribution in [1.82, 2.24) is 5.32 Å². The second-order valence-electron chi connectivity index (χ2n) is 7.80. The average Bonchev–Trinajstić information content (AvgIpc) is 3.23. The van der Waals surface area contributed by atoms with Crippen LogP contribution in [0.4, 0.5) is 0 Å². The van der Waals surface area contributed by atoms with Gasteiger partial charge in [-0.05, 0) is 39.2 Å². The molecule has 12 N–H and O–H groups in total. The smallest absolute Gasteiger partial charge is 0.332 e. The summed E-state index contributed by atoms with van der Waals surface area (Å²) in [5.74, 6) is -4.11. The van der Waals surface area contributed by atoms with Crippen LogP contribution in [0.5, 0.6) is 0 Å². The van der Waals surface area contributed by atoms with E-state index in [1.165, 1.54) is 6.92 Å². The number of nitrogens with zero attached hydrogens (tertiary/aromatic N) is 1. The van der Waals surface area contributed by atoms with Gasteiger partial charge in [0.05, 0.1) is 24.0 Å². The summed E-state index contributed by atoms with van der Waals surface area (Å²) < 4.78 is 0. The lowest BCUT2D eigenvalue weighted by Gasteiger charge is -2.42. The molecule has 1 aliphatic rings. The number of rotatable bonds is 13. The zero-order chi connectivity index (χ0) is 23.1. The molecule has 12 nitrogen and oxygen atoms in total. The molecule has 12 heteroatoms. The number of aliphatic imine (C=N–C) groups is 1. The van der Waals surface area contributed by atoms with Gasteiger partial charge in [-0.3, -0.25) is 19.4 Å². The SMILES string of the molecule is CC(CC(=O)CN)(C(=O)C1CCCN1)C(N)(C(=O)O)C(=O)C(N)CCCN=C(N)N. The van der Waals surface area contributed by atoms with Crippen molar-refractivity contribution in [2.75, 3.05) is 19.6 Å². The fourth-order valence-corrected chi connectivity index (χ4v) is 3.74. The number of guanidine groups is 1. The molecule has 0 saturated carbocycles. The van der Waals surface area contributed by atoms with Crippen LogP contribution in [0.15, 0.2) is 4.99 Å². The number of carboxylic acids is 1. The first kappa shape index (κ1) is 25.6. The minimum atomic E-state index is -2.71.